The molecule has 0 aliphatic heterocycles. The van der Waals surface area contributed by atoms with Crippen LogP contribution in [0.3, 0.4) is 0 Å². The van der Waals surface area contributed by atoms with E-state index in [-0.39, 0.29) is 774 Å². The molecule has 0 spiro atoms. The zero-order chi connectivity index (χ0) is 78.4. The number of para-hydroxylation sites is 1. The van der Waals surface area contributed by atoms with Gasteiger partial charge in [-0.3, -0.25) is 0 Å². The average molecular weight is 1980 g/mol. The number of hydrogen-bond acceptors (Lipinski definition) is 13. The third-order valence-electron chi connectivity index (χ3n) is 16.6. The molecule has 12 rings (SSSR count). The van der Waals surface area contributed by atoms with Crippen LogP contribution in [-0.4, -0.2) is 19.6 Å². The van der Waals surface area contributed by atoms with Gasteiger partial charge in [-0.05, 0) is 80.3 Å². The van der Waals surface area contributed by atoms with Crippen molar-refractivity contribution in [2.24, 2.45) is 0 Å². The molecule has 0 amide bonds. The Bertz CT molecular complexity index is 3820. The van der Waals surface area contributed by atoms with Gasteiger partial charge in [0.15, 0.2) is 0 Å². The molecule has 0 radical (unpaired) electrons. The fourth-order valence-electron chi connectivity index (χ4n) is 10.6. The van der Waals surface area contributed by atoms with Crippen LogP contribution in [0.15, 0.2) is 297 Å². The van der Waals surface area contributed by atoms with Gasteiger partial charge in [0.1, 0.15) is 5.75 Å². The molecule has 0 aliphatic rings. The van der Waals surface area contributed by atoms with Crippen molar-refractivity contribution in [3.63, 3.8) is 0 Å². The van der Waals surface area contributed by atoms with Crippen molar-refractivity contribution in [3.8, 4) is 69.0 Å². The van der Waals surface area contributed by atoms with Crippen LogP contribution in [0.5, 0.6) is 69.0 Å². The van der Waals surface area contributed by atoms with Crippen molar-refractivity contribution in [1.82, 2.24) is 0 Å². The fourth-order valence-corrected chi connectivity index (χ4v) is 10.6. The monoisotopic (exact) mass is 1980 g/mol. The van der Waals surface area contributed by atoms with Crippen molar-refractivity contribution >= 4 is 17.4 Å². The molecule has 0 saturated carbocycles. The number of hydrogen-bond donors (Lipinski definition) is 0. The first-order chi connectivity index (χ1) is 50.5. The summed E-state index contributed by atoms with van der Waals surface area (Å²) in [5.41, 5.74) is 17.0. The predicted octanol–water partition coefficient (Wildman–Crippen LogP) is -21.3. The average Bonchev–Trinajstić information content (AvgIpc) is 0.826. The van der Waals surface area contributed by atoms with Crippen LogP contribution in [0.2, 0.25) is 0 Å². The molecule has 0 unspecified atom stereocenters. The Morgan fingerprint density at radius 2 is 0.380 bits per heavy atom. The SMILES string of the molecule is C.C.CC(C)(c1ccc([O-])cc1)c1ccc([O-])cc1.CC(C)(c1ccc([O-])cc1)c1ccc([O-])cc1.CC(C)(c1ccc([O-])cc1)c1ccc([O-])cc1.CCC.CCC.COc1ccc([NH-])cc1.CSC.[K+].[K+].[K+].[K+].[K+].[K+].[K+].[K+].[K+].[K+].[K+].[K+].[K+].[O-]c1ccc(C(c2ccc([O-])cc2)C(c2ccc([O-])cc2)c2ccc([O-])cc2)cc1.[O-]c1ccccc1. The van der Waals surface area contributed by atoms with Crippen molar-refractivity contribution in [3.05, 3.63) is 359 Å². The predicted molar refractivity (Wildman–Crippen MR) is 427 cm³/mol. The van der Waals surface area contributed by atoms with Gasteiger partial charge in [0.05, 0.1) is 7.11 Å². The maximum absolute atomic E-state index is 11.7. The van der Waals surface area contributed by atoms with Gasteiger partial charge in [-0.1, -0.05) is 382 Å². The number of thioether (sulfide) groups is 1. The second-order valence-corrected chi connectivity index (χ2v) is 26.9. The van der Waals surface area contributed by atoms with Gasteiger partial charge in [-0.15, -0.1) is 68.9 Å². The summed E-state index contributed by atoms with van der Waals surface area (Å²) >= 11 is 1.75. The number of rotatable bonds is 12. The Morgan fingerprint density at radius 1 is 0.248 bits per heavy atom. The molecule has 574 valence electrons. The van der Waals surface area contributed by atoms with Gasteiger partial charge < -0.3 is 66.6 Å². The van der Waals surface area contributed by atoms with Crippen LogP contribution in [-0.2, 0) is 16.2 Å². The van der Waals surface area contributed by atoms with Gasteiger partial charge in [-0.25, -0.2) is 0 Å². The summed E-state index contributed by atoms with van der Waals surface area (Å²) in [5.74, 6) is 0.129. The molecule has 0 fully saturated rings. The molecule has 12 aromatic rings. The molecule has 27 heteroatoms. The van der Waals surface area contributed by atoms with E-state index in [1.807, 2.05) is 91.4 Å². The van der Waals surface area contributed by atoms with Gasteiger partial charge >= 0.3 is 668 Å². The number of benzene rings is 12. The van der Waals surface area contributed by atoms with Crippen molar-refractivity contribution in [2.45, 2.75) is 125 Å². The summed E-state index contributed by atoms with van der Waals surface area (Å²) < 4.78 is 4.89. The summed E-state index contributed by atoms with van der Waals surface area (Å²) in [7, 11) is 1.61. The maximum Gasteiger partial charge on any atom is 1.00 e. The molecule has 0 bridgehead atoms. The summed E-state index contributed by atoms with van der Waals surface area (Å²) in [5, 5.41) is 124. The fraction of sp³-hybridized carbons (Fsp3) is 0.234. The smallest absolute Gasteiger partial charge is 0.872 e. The van der Waals surface area contributed by atoms with Crippen LogP contribution >= 0.6 is 11.8 Å². The van der Waals surface area contributed by atoms with Gasteiger partial charge in [0.2, 0.25) is 0 Å². The minimum Gasteiger partial charge on any atom is -0.872 e. The van der Waals surface area contributed by atoms with Crippen LogP contribution < -0.4 is 729 Å². The Hall–Kier alpha value is 9.66. The summed E-state index contributed by atoms with van der Waals surface area (Å²) in [4.78, 5) is 0. The molecule has 0 aliphatic carbocycles. The van der Waals surface area contributed by atoms with E-state index in [2.05, 4.69) is 69.2 Å². The summed E-state index contributed by atoms with van der Waals surface area (Å²) in [6.07, 6.45) is 6.58. The van der Waals surface area contributed by atoms with E-state index in [0.717, 1.165) is 61.4 Å². The third kappa shape index (κ3) is 61.3. The van der Waals surface area contributed by atoms with E-state index in [1.54, 1.807) is 177 Å². The van der Waals surface area contributed by atoms with Crippen LogP contribution in [0, 0.1) is 0 Å². The first kappa shape index (κ1) is 156. The summed E-state index contributed by atoms with van der Waals surface area (Å²) in [6, 6.07) is 82.6. The molecule has 0 aromatic heterocycles. The minimum absolute atomic E-state index is 0. The quantitative estimate of drug-likeness (QED) is 0.103. The number of methoxy groups -OCH3 is 1. The maximum atomic E-state index is 11.7. The van der Waals surface area contributed by atoms with E-state index in [1.165, 1.54) is 73.5 Å². The van der Waals surface area contributed by atoms with Crippen LogP contribution in [0.1, 0.15) is 164 Å². The molecule has 0 atom stereocenters. The Labute approximate surface area is 1280 Å². The molecular formula is C94H103K13NO12S+. The molecule has 1 N–H and O–H groups in total. The van der Waals surface area contributed by atoms with Gasteiger partial charge in [0, 0.05) is 28.1 Å². The van der Waals surface area contributed by atoms with Crippen LogP contribution in [0.25, 0.3) is 5.73 Å². The van der Waals surface area contributed by atoms with E-state index in [9.17, 15) is 56.2 Å². The van der Waals surface area contributed by atoms with Crippen molar-refractivity contribution in [2.75, 3.05) is 19.6 Å². The summed E-state index contributed by atoms with van der Waals surface area (Å²) in [6.45, 7) is 21.0. The molecule has 0 saturated heterocycles. The van der Waals surface area contributed by atoms with Crippen LogP contribution in [0.4, 0.5) is 5.69 Å². The Morgan fingerprint density at radius 3 is 0.504 bits per heavy atom. The molecule has 0 heterocycles. The third-order valence-corrected chi connectivity index (χ3v) is 16.6. The topological polar surface area (TPSA) is 287 Å². The number of ether oxygens (including phenoxy) is 1. The second kappa shape index (κ2) is 88.6. The Kier molecular flexibility index (Phi) is 114. The van der Waals surface area contributed by atoms with Gasteiger partial charge in [0.25, 0.3) is 0 Å². The molecule has 13 nitrogen and oxygen atoms in total. The van der Waals surface area contributed by atoms with E-state index in [0.29, 0.717) is 5.69 Å². The molecular weight excluding hydrogens is 1880 g/mol. The van der Waals surface area contributed by atoms with Gasteiger partial charge in [-0.2, -0.15) is 11.8 Å². The van der Waals surface area contributed by atoms with Crippen molar-refractivity contribution < 1.29 is 729 Å². The van der Waals surface area contributed by atoms with E-state index < -0.39 is 0 Å². The van der Waals surface area contributed by atoms with E-state index in [4.69, 9.17) is 10.5 Å². The normalized spacial score (nSPS) is 9.18. The first-order valence-corrected chi connectivity index (χ1v) is 36.3. The zero-order valence-electron chi connectivity index (χ0n) is 75.7. The molecule has 121 heavy (non-hydrogen) atoms. The largest absolute Gasteiger partial charge is 1.00 e. The minimum atomic E-state index is -0.235. The first-order valence-electron chi connectivity index (χ1n) is 34.7. The Balaban J connectivity index is -0.000000117. The standard InChI is InChI=1S/C26H22O4.3C15H16O2.C7H8NO.C6H6O.2C3H8.C2H6S.2CH4.13K/c27-21-9-1-17(2-10-21)25(18-3-11-22(28)12-4-18)26(19-5-13-23(29)14-6-19)20-7-15-24(30)16-8-20;3*1-15(2,11-3-7-13(16)8-4-11)12-5-9-14(17)10-6-12;1-9-7-4-2-6(8)3-5-7;7-6-4-2-1-3-5-6;3*1-3-2;;;;;;;;;;;;;;;/h1-16,25-30H;3*3-10,16-17H,1-2H3;2-5,8H,1H3;1-5,7H;2*3H2,1-2H3;1-2H3;2*1H4;;;;;;;;;;;;;/q;;;;-1;;;;;;;13*+1/p-11. The molecule has 12 aromatic carbocycles. The zero-order valence-corrected chi connectivity index (χ0v) is 117. The van der Waals surface area contributed by atoms with E-state index >= 15 is 0 Å². The number of nitrogens with one attached hydrogen (secondary N) is 1. The second-order valence-electron chi connectivity index (χ2n) is 26.1. The van der Waals surface area contributed by atoms with Crippen molar-refractivity contribution in [1.29, 1.82) is 0 Å².